The zero-order chi connectivity index (χ0) is 21.0. The van der Waals surface area contributed by atoms with E-state index < -0.39 is 23.8 Å². The van der Waals surface area contributed by atoms with Crippen molar-refractivity contribution in [2.45, 2.75) is 129 Å². The third-order valence-electron chi connectivity index (χ3n) is 5.86. The van der Waals surface area contributed by atoms with E-state index in [0.29, 0.717) is 12.8 Å². The first-order chi connectivity index (χ1) is 13.5. The molecular formula is C24H46O4. The van der Waals surface area contributed by atoms with Crippen LogP contribution in [0.4, 0.5) is 0 Å². The zero-order valence-electron chi connectivity index (χ0n) is 18.6. The van der Waals surface area contributed by atoms with Crippen molar-refractivity contribution in [1.82, 2.24) is 0 Å². The third-order valence-corrected chi connectivity index (χ3v) is 5.86. The van der Waals surface area contributed by atoms with Crippen molar-refractivity contribution >= 4 is 11.9 Å². The van der Waals surface area contributed by atoms with Crippen molar-refractivity contribution in [3.63, 3.8) is 0 Å². The first-order valence-electron chi connectivity index (χ1n) is 12.0. The Morgan fingerprint density at radius 3 is 1.04 bits per heavy atom. The second-order valence-electron chi connectivity index (χ2n) is 8.42. The molecule has 0 heterocycles. The molecule has 4 nitrogen and oxygen atoms in total. The molecule has 0 saturated carbocycles. The molecule has 0 aliphatic heterocycles. The van der Waals surface area contributed by atoms with Gasteiger partial charge < -0.3 is 10.2 Å². The number of rotatable bonds is 21. The highest BCUT2D eigenvalue weighted by atomic mass is 16.4. The fourth-order valence-electron chi connectivity index (χ4n) is 3.99. The largest absolute Gasteiger partial charge is 0.481 e. The van der Waals surface area contributed by atoms with Gasteiger partial charge in [-0.15, -0.1) is 0 Å². The summed E-state index contributed by atoms with van der Waals surface area (Å²) in [4.78, 5) is 23.2. The number of carboxylic acid groups (broad SMARTS) is 2. The van der Waals surface area contributed by atoms with Crippen molar-refractivity contribution in [2.75, 3.05) is 0 Å². The minimum absolute atomic E-state index is 0.491. The fraction of sp³-hybridized carbons (Fsp3) is 0.917. The van der Waals surface area contributed by atoms with Crippen molar-refractivity contribution in [3.05, 3.63) is 0 Å². The second kappa shape index (κ2) is 19.3. The van der Waals surface area contributed by atoms with Gasteiger partial charge in [-0.1, -0.05) is 117 Å². The molecule has 166 valence electrons. The lowest BCUT2D eigenvalue weighted by molar-refractivity contribution is -0.154. The Morgan fingerprint density at radius 2 is 0.750 bits per heavy atom. The first kappa shape index (κ1) is 26.9. The van der Waals surface area contributed by atoms with Crippen LogP contribution in [0.5, 0.6) is 0 Å². The summed E-state index contributed by atoms with van der Waals surface area (Å²) in [6.07, 6.45) is 19.8. The lowest BCUT2D eigenvalue weighted by Crippen LogP contribution is -2.30. The van der Waals surface area contributed by atoms with Crippen LogP contribution < -0.4 is 0 Å². The van der Waals surface area contributed by atoms with E-state index in [1.807, 2.05) is 0 Å². The number of aliphatic carboxylic acids is 2. The lowest BCUT2D eigenvalue weighted by atomic mass is 9.84. The van der Waals surface area contributed by atoms with E-state index in [9.17, 15) is 19.8 Å². The molecular weight excluding hydrogens is 352 g/mol. The van der Waals surface area contributed by atoms with Gasteiger partial charge in [-0.25, -0.2) is 0 Å². The van der Waals surface area contributed by atoms with Gasteiger partial charge in [-0.3, -0.25) is 9.59 Å². The smallest absolute Gasteiger partial charge is 0.307 e. The van der Waals surface area contributed by atoms with E-state index in [0.717, 1.165) is 44.9 Å². The fourth-order valence-corrected chi connectivity index (χ4v) is 3.99. The van der Waals surface area contributed by atoms with Gasteiger partial charge in [0.1, 0.15) is 0 Å². The van der Waals surface area contributed by atoms with E-state index in [2.05, 4.69) is 13.8 Å². The Hall–Kier alpha value is -1.06. The van der Waals surface area contributed by atoms with Crippen LogP contribution in [0, 0.1) is 11.8 Å². The topological polar surface area (TPSA) is 74.6 Å². The molecule has 0 aliphatic carbocycles. The molecule has 0 fully saturated rings. The van der Waals surface area contributed by atoms with Crippen LogP contribution in [0.2, 0.25) is 0 Å². The van der Waals surface area contributed by atoms with Crippen LogP contribution >= 0.6 is 0 Å². The minimum Gasteiger partial charge on any atom is -0.481 e. The zero-order valence-corrected chi connectivity index (χ0v) is 18.6. The highest BCUT2D eigenvalue weighted by Crippen LogP contribution is 2.26. The molecule has 4 heteroatoms. The highest BCUT2D eigenvalue weighted by molar-refractivity contribution is 5.79. The Labute approximate surface area is 173 Å². The van der Waals surface area contributed by atoms with Crippen molar-refractivity contribution < 1.29 is 19.8 Å². The van der Waals surface area contributed by atoms with E-state index in [1.54, 1.807) is 0 Å². The van der Waals surface area contributed by atoms with Gasteiger partial charge >= 0.3 is 11.9 Å². The van der Waals surface area contributed by atoms with E-state index >= 15 is 0 Å². The maximum atomic E-state index is 11.6. The van der Waals surface area contributed by atoms with Crippen LogP contribution in [0.1, 0.15) is 129 Å². The molecule has 0 radical (unpaired) electrons. The van der Waals surface area contributed by atoms with Crippen LogP contribution in [-0.4, -0.2) is 22.2 Å². The standard InChI is InChI=1S/C24H46O4/c1-3-5-7-9-10-11-12-13-14-15-16-18-20-22(24(27)28)21(23(25)26)19-17-8-6-4-2/h21-22H,3-20H2,1-2H3,(H,25,26)(H,27,28). The number of hydrogen-bond acceptors (Lipinski definition) is 2. The van der Waals surface area contributed by atoms with Crippen LogP contribution in [0.25, 0.3) is 0 Å². The molecule has 2 N–H and O–H groups in total. The van der Waals surface area contributed by atoms with Crippen LogP contribution in [-0.2, 0) is 9.59 Å². The summed E-state index contributed by atoms with van der Waals surface area (Å²) in [5, 5.41) is 19.0. The summed E-state index contributed by atoms with van der Waals surface area (Å²) in [6, 6.07) is 0. The molecule has 0 spiro atoms. The van der Waals surface area contributed by atoms with E-state index in [1.165, 1.54) is 57.8 Å². The summed E-state index contributed by atoms with van der Waals surface area (Å²) >= 11 is 0. The third kappa shape index (κ3) is 14.9. The maximum Gasteiger partial charge on any atom is 0.307 e. The molecule has 0 bridgehead atoms. The average molecular weight is 399 g/mol. The first-order valence-corrected chi connectivity index (χ1v) is 12.0. The number of carboxylic acids is 2. The van der Waals surface area contributed by atoms with Gasteiger partial charge in [0.25, 0.3) is 0 Å². The van der Waals surface area contributed by atoms with Gasteiger partial charge in [-0.2, -0.15) is 0 Å². The molecule has 28 heavy (non-hydrogen) atoms. The quantitative estimate of drug-likeness (QED) is 0.197. The normalized spacial score (nSPS) is 13.4. The summed E-state index contributed by atoms with van der Waals surface area (Å²) in [5.41, 5.74) is 0. The Balaban J connectivity index is 3.90. The average Bonchev–Trinajstić information content (AvgIpc) is 2.66. The predicted octanol–water partition coefficient (Wildman–Crippen LogP) is 7.45. The number of carbonyl (C=O) groups is 2. The maximum absolute atomic E-state index is 11.6. The van der Waals surface area contributed by atoms with Crippen molar-refractivity contribution in [2.24, 2.45) is 11.8 Å². The van der Waals surface area contributed by atoms with Gasteiger partial charge in [0.05, 0.1) is 11.8 Å². The molecule has 0 saturated heterocycles. The Kier molecular flexibility index (Phi) is 18.5. The summed E-state index contributed by atoms with van der Waals surface area (Å²) in [5.74, 6) is -3.35. The summed E-state index contributed by atoms with van der Waals surface area (Å²) < 4.78 is 0. The van der Waals surface area contributed by atoms with Gasteiger partial charge in [0, 0.05) is 0 Å². The molecule has 0 aliphatic rings. The SMILES string of the molecule is CCCCCCCCCCCCCCC(C(=O)O)C(CCCCCC)C(=O)O. The van der Waals surface area contributed by atoms with E-state index in [-0.39, 0.29) is 0 Å². The number of hydrogen-bond donors (Lipinski definition) is 2. The summed E-state index contributed by atoms with van der Waals surface area (Å²) in [7, 11) is 0. The molecule has 0 aromatic rings. The van der Waals surface area contributed by atoms with Crippen molar-refractivity contribution in [1.29, 1.82) is 0 Å². The molecule has 0 amide bonds. The van der Waals surface area contributed by atoms with Gasteiger partial charge in [-0.05, 0) is 12.8 Å². The highest BCUT2D eigenvalue weighted by Gasteiger charge is 2.32. The molecule has 0 aromatic heterocycles. The second-order valence-corrected chi connectivity index (χ2v) is 8.42. The van der Waals surface area contributed by atoms with Gasteiger partial charge in [0.2, 0.25) is 0 Å². The van der Waals surface area contributed by atoms with E-state index in [4.69, 9.17) is 0 Å². The Morgan fingerprint density at radius 1 is 0.500 bits per heavy atom. The van der Waals surface area contributed by atoms with Crippen LogP contribution in [0.3, 0.4) is 0 Å². The predicted molar refractivity (Wildman–Crippen MR) is 117 cm³/mol. The lowest BCUT2D eigenvalue weighted by Gasteiger charge is -2.20. The summed E-state index contributed by atoms with van der Waals surface area (Å²) in [6.45, 7) is 4.36. The van der Waals surface area contributed by atoms with Crippen molar-refractivity contribution in [3.8, 4) is 0 Å². The Bertz CT molecular complexity index is 381. The molecule has 2 atom stereocenters. The molecule has 2 unspecified atom stereocenters. The van der Waals surface area contributed by atoms with Crippen LogP contribution in [0.15, 0.2) is 0 Å². The molecule has 0 aromatic carbocycles. The van der Waals surface area contributed by atoms with Gasteiger partial charge in [0.15, 0.2) is 0 Å². The molecule has 0 rings (SSSR count). The minimum atomic E-state index is -0.942. The number of unbranched alkanes of at least 4 members (excludes halogenated alkanes) is 14. The monoisotopic (exact) mass is 398 g/mol.